The van der Waals surface area contributed by atoms with E-state index in [1.165, 1.54) is 5.56 Å². The molecule has 0 spiro atoms. The van der Waals surface area contributed by atoms with Gasteiger partial charge in [-0.2, -0.15) is 0 Å². The number of benzene rings is 1. The van der Waals surface area contributed by atoms with Gasteiger partial charge in [0.15, 0.2) is 0 Å². The molecule has 0 saturated carbocycles. The van der Waals surface area contributed by atoms with Gasteiger partial charge in [-0.25, -0.2) is 0 Å². The molecule has 3 nitrogen and oxygen atoms in total. The van der Waals surface area contributed by atoms with Crippen LogP contribution in [0, 0.1) is 0 Å². The van der Waals surface area contributed by atoms with E-state index in [-0.39, 0.29) is 0 Å². The molecule has 90 valence electrons. The number of anilines is 1. The molecule has 16 heavy (non-hydrogen) atoms. The van der Waals surface area contributed by atoms with E-state index >= 15 is 0 Å². The number of likely N-dealkylation sites (N-methyl/N-ethyl adjacent to an activating group) is 1. The second-order valence-corrected chi connectivity index (χ2v) is 4.01. The van der Waals surface area contributed by atoms with Gasteiger partial charge >= 0.3 is 0 Å². The Hall–Kier alpha value is -1.06. The third-order valence-corrected chi connectivity index (χ3v) is 2.59. The standard InChI is InChI=1S/C8H11N.C5H11NO/c1-2-7-4-3-5-8(9)6-7;1-6-2-4-7-5-3-6/h3-6H,2,9H2,1H3;2-5H2,1H3. The summed E-state index contributed by atoms with van der Waals surface area (Å²) in [6.07, 6.45) is 1.06. The first kappa shape index (κ1) is 13.0. The monoisotopic (exact) mass is 222 g/mol. The zero-order valence-corrected chi connectivity index (χ0v) is 10.3. The molecule has 1 heterocycles. The molecular formula is C13H22N2O. The Kier molecular flexibility index (Phi) is 5.90. The maximum absolute atomic E-state index is 5.53. The summed E-state index contributed by atoms with van der Waals surface area (Å²) in [5, 5.41) is 0. The molecule has 0 amide bonds. The molecule has 3 heteroatoms. The summed E-state index contributed by atoms with van der Waals surface area (Å²) < 4.78 is 5.10. The molecule has 2 rings (SSSR count). The van der Waals surface area contributed by atoms with Gasteiger partial charge in [0.05, 0.1) is 13.2 Å². The van der Waals surface area contributed by atoms with Crippen LogP contribution in [0.2, 0.25) is 0 Å². The van der Waals surface area contributed by atoms with Gasteiger partial charge in [-0.3, -0.25) is 0 Å². The van der Waals surface area contributed by atoms with Crippen molar-refractivity contribution in [1.29, 1.82) is 0 Å². The van der Waals surface area contributed by atoms with Crippen LogP contribution in [0.5, 0.6) is 0 Å². The fourth-order valence-electron chi connectivity index (χ4n) is 1.47. The lowest BCUT2D eigenvalue weighted by molar-refractivity contribution is 0.0503. The summed E-state index contributed by atoms with van der Waals surface area (Å²) in [5.41, 5.74) is 7.69. The molecule has 1 aliphatic rings. The van der Waals surface area contributed by atoms with Gasteiger partial charge in [0.25, 0.3) is 0 Å². The second-order valence-electron chi connectivity index (χ2n) is 4.01. The molecule has 0 aliphatic carbocycles. The van der Waals surface area contributed by atoms with Crippen molar-refractivity contribution >= 4 is 5.69 Å². The lowest BCUT2D eigenvalue weighted by Crippen LogP contribution is -2.32. The van der Waals surface area contributed by atoms with E-state index < -0.39 is 0 Å². The fraction of sp³-hybridized carbons (Fsp3) is 0.538. The summed E-state index contributed by atoms with van der Waals surface area (Å²) in [4.78, 5) is 2.27. The van der Waals surface area contributed by atoms with E-state index in [1.54, 1.807) is 0 Å². The quantitative estimate of drug-likeness (QED) is 0.736. The normalized spacial score (nSPS) is 16.4. The highest BCUT2D eigenvalue weighted by Crippen LogP contribution is 2.05. The smallest absolute Gasteiger partial charge is 0.0594 e. The van der Waals surface area contributed by atoms with Crippen LogP contribution in [0.15, 0.2) is 24.3 Å². The highest BCUT2D eigenvalue weighted by atomic mass is 16.5. The molecule has 1 saturated heterocycles. The van der Waals surface area contributed by atoms with Crippen LogP contribution in [0.25, 0.3) is 0 Å². The number of rotatable bonds is 1. The second kappa shape index (κ2) is 7.25. The van der Waals surface area contributed by atoms with Crippen molar-refractivity contribution in [3.63, 3.8) is 0 Å². The first-order valence-corrected chi connectivity index (χ1v) is 5.83. The van der Waals surface area contributed by atoms with Gasteiger partial charge < -0.3 is 15.4 Å². The Labute approximate surface area is 98.2 Å². The molecule has 0 bridgehead atoms. The number of nitrogens with zero attached hydrogens (tertiary/aromatic N) is 1. The van der Waals surface area contributed by atoms with Gasteiger partial charge in [-0.05, 0) is 31.2 Å². The lowest BCUT2D eigenvalue weighted by Gasteiger charge is -2.21. The Balaban J connectivity index is 0.000000165. The topological polar surface area (TPSA) is 38.5 Å². The number of hydrogen-bond donors (Lipinski definition) is 1. The minimum absolute atomic E-state index is 0.856. The zero-order chi connectivity index (χ0) is 11.8. The van der Waals surface area contributed by atoms with E-state index in [9.17, 15) is 0 Å². The van der Waals surface area contributed by atoms with Crippen LogP contribution in [0.3, 0.4) is 0 Å². The molecule has 1 aromatic rings. The fourth-order valence-corrected chi connectivity index (χ4v) is 1.47. The number of hydrogen-bond acceptors (Lipinski definition) is 3. The Morgan fingerprint density at radius 1 is 1.31 bits per heavy atom. The van der Waals surface area contributed by atoms with Crippen molar-refractivity contribution in [3.8, 4) is 0 Å². The van der Waals surface area contributed by atoms with Crippen LogP contribution < -0.4 is 5.73 Å². The third-order valence-electron chi connectivity index (χ3n) is 2.59. The summed E-state index contributed by atoms with van der Waals surface area (Å²) in [6.45, 7) is 6.14. The molecular weight excluding hydrogens is 200 g/mol. The Bertz CT molecular complexity index is 296. The predicted molar refractivity (Wildman–Crippen MR) is 68.5 cm³/mol. The van der Waals surface area contributed by atoms with Crippen LogP contribution in [0.1, 0.15) is 12.5 Å². The summed E-state index contributed by atoms with van der Waals surface area (Å²) >= 11 is 0. The van der Waals surface area contributed by atoms with Gasteiger partial charge in [-0.1, -0.05) is 19.1 Å². The number of nitrogen functional groups attached to an aromatic ring is 1. The number of morpholine rings is 1. The van der Waals surface area contributed by atoms with Crippen molar-refractivity contribution in [1.82, 2.24) is 4.90 Å². The van der Waals surface area contributed by atoms with E-state index in [4.69, 9.17) is 10.5 Å². The largest absolute Gasteiger partial charge is 0.399 e. The molecule has 2 N–H and O–H groups in total. The molecule has 1 aromatic carbocycles. The molecule has 0 unspecified atom stereocenters. The minimum atomic E-state index is 0.856. The van der Waals surface area contributed by atoms with Gasteiger partial charge in [0, 0.05) is 18.8 Å². The summed E-state index contributed by atoms with van der Waals surface area (Å²) in [7, 11) is 2.11. The molecule has 0 atom stereocenters. The number of nitrogens with two attached hydrogens (primary N) is 1. The van der Waals surface area contributed by atoms with Gasteiger partial charge in [0.2, 0.25) is 0 Å². The van der Waals surface area contributed by atoms with Crippen molar-refractivity contribution < 1.29 is 4.74 Å². The highest BCUT2D eigenvalue weighted by Gasteiger charge is 2.02. The maximum Gasteiger partial charge on any atom is 0.0594 e. The first-order chi connectivity index (χ1) is 7.72. The first-order valence-electron chi connectivity index (χ1n) is 5.83. The average molecular weight is 222 g/mol. The van der Waals surface area contributed by atoms with E-state index in [1.807, 2.05) is 18.2 Å². The van der Waals surface area contributed by atoms with Crippen molar-refractivity contribution in [3.05, 3.63) is 29.8 Å². The van der Waals surface area contributed by atoms with E-state index in [2.05, 4.69) is 24.9 Å². The molecule has 0 radical (unpaired) electrons. The van der Waals surface area contributed by atoms with E-state index in [0.29, 0.717) is 0 Å². The third kappa shape index (κ3) is 5.14. The van der Waals surface area contributed by atoms with Gasteiger partial charge in [0.1, 0.15) is 0 Å². The summed E-state index contributed by atoms with van der Waals surface area (Å²) in [5.74, 6) is 0. The van der Waals surface area contributed by atoms with Crippen LogP contribution in [-0.2, 0) is 11.2 Å². The molecule has 1 aliphatic heterocycles. The van der Waals surface area contributed by atoms with Gasteiger partial charge in [-0.15, -0.1) is 0 Å². The minimum Gasteiger partial charge on any atom is -0.399 e. The lowest BCUT2D eigenvalue weighted by atomic mass is 10.1. The van der Waals surface area contributed by atoms with Crippen LogP contribution in [0.4, 0.5) is 5.69 Å². The predicted octanol–water partition coefficient (Wildman–Crippen LogP) is 1.78. The van der Waals surface area contributed by atoms with Crippen molar-refractivity contribution in [2.24, 2.45) is 0 Å². The molecule has 0 aromatic heterocycles. The average Bonchev–Trinajstić information content (AvgIpc) is 2.31. The number of ether oxygens (including phenoxy) is 1. The van der Waals surface area contributed by atoms with Crippen LogP contribution in [-0.4, -0.2) is 38.3 Å². The molecule has 1 fully saturated rings. The summed E-state index contributed by atoms with van der Waals surface area (Å²) in [6, 6.07) is 7.96. The van der Waals surface area contributed by atoms with Crippen molar-refractivity contribution in [2.45, 2.75) is 13.3 Å². The maximum atomic E-state index is 5.53. The Morgan fingerprint density at radius 3 is 2.38 bits per heavy atom. The Morgan fingerprint density at radius 2 is 2.00 bits per heavy atom. The van der Waals surface area contributed by atoms with Crippen LogP contribution >= 0.6 is 0 Å². The highest BCUT2D eigenvalue weighted by molar-refractivity contribution is 5.40. The van der Waals surface area contributed by atoms with E-state index in [0.717, 1.165) is 38.4 Å². The SMILES string of the molecule is CCc1cccc(N)c1.CN1CCOCC1. The van der Waals surface area contributed by atoms with Crippen molar-refractivity contribution in [2.75, 3.05) is 39.1 Å². The zero-order valence-electron chi connectivity index (χ0n) is 10.3. The number of aryl methyl sites for hydroxylation is 1.